The first-order valence-electron chi connectivity index (χ1n) is 6.45. The third-order valence-electron chi connectivity index (χ3n) is 3.10. The molecular weight excluding hydrogens is 250 g/mol. The van der Waals surface area contributed by atoms with E-state index in [1.54, 1.807) is 18.3 Å². The Balaban J connectivity index is 2.42. The number of nitrogens with zero attached hydrogens (tertiary/aromatic N) is 2. The Labute approximate surface area is 118 Å². The van der Waals surface area contributed by atoms with Gasteiger partial charge in [-0.2, -0.15) is 5.26 Å². The van der Waals surface area contributed by atoms with Crippen LogP contribution in [0.5, 0.6) is 11.6 Å². The molecule has 0 radical (unpaired) electrons. The fourth-order valence-electron chi connectivity index (χ4n) is 1.90. The summed E-state index contributed by atoms with van der Waals surface area (Å²) in [6.45, 7) is 6.09. The molecule has 20 heavy (non-hydrogen) atoms. The molecule has 1 aromatic heterocycles. The van der Waals surface area contributed by atoms with Gasteiger partial charge in [0, 0.05) is 18.0 Å². The molecule has 0 saturated carbocycles. The van der Waals surface area contributed by atoms with Crippen LogP contribution in [0.1, 0.15) is 36.5 Å². The van der Waals surface area contributed by atoms with Crippen LogP contribution in [0.4, 0.5) is 5.69 Å². The van der Waals surface area contributed by atoms with E-state index in [-0.39, 0.29) is 5.92 Å². The van der Waals surface area contributed by atoms with E-state index in [4.69, 9.17) is 15.7 Å². The topological polar surface area (TPSA) is 71.9 Å². The molecule has 0 atom stereocenters. The number of aromatic nitrogens is 1. The predicted molar refractivity (Wildman–Crippen MR) is 78.7 cm³/mol. The maximum Gasteiger partial charge on any atom is 0.220 e. The first-order valence-corrected chi connectivity index (χ1v) is 6.45. The van der Waals surface area contributed by atoms with Crippen LogP contribution < -0.4 is 10.5 Å². The summed E-state index contributed by atoms with van der Waals surface area (Å²) in [5.74, 6) is 1.43. The van der Waals surface area contributed by atoms with Crippen LogP contribution in [0.15, 0.2) is 30.5 Å². The second-order valence-corrected chi connectivity index (χ2v) is 5.00. The van der Waals surface area contributed by atoms with E-state index in [1.807, 2.05) is 19.1 Å². The molecule has 102 valence electrons. The highest BCUT2D eigenvalue weighted by Crippen LogP contribution is 2.33. The Morgan fingerprint density at radius 3 is 2.70 bits per heavy atom. The van der Waals surface area contributed by atoms with Gasteiger partial charge in [0.15, 0.2) is 0 Å². The van der Waals surface area contributed by atoms with Gasteiger partial charge in [0.05, 0.1) is 11.6 Å². The molecular formula is C16H17N3O. The highest BCUT2D eigenvalue weighted by Gasteiger charge is 2.12. The number of nitrogens with two attached hydrogens (primary N) is 1. The number of aryl methyl sites for hydroxylation is 1. The van der Waals surface area contributed by atoms with Crippen molar-refractivity contribution < 1.29 is 4.74 Å². The van der Waals surface area contributed by atoms with Crippen molar-refractivity contribution in [3.8, 4) is 17.7 Å². The summed E-state index contributed by atoms with van der Waals surface area (Å²) in [7, 11) is 0. The van der Waals surface area contributed by atoms with Crippen LogP contribution in [-0.4, -0.2) is 4.98 Å². The van der Waals surface area contributed by atoms with E-state index in [2.05, 4.69) is 24.9 Å². The highest BCUT2D eigenvalue weighted by atomic mass is 16.5. The van der Waals surface area contributed by atoms with Crippen LogP contribution in [0.25, 0.3) is 0 Å². The lowest BCUT2D eigenvalue weighted by molar-refractivity contribution is 0.454. The van der Waals surface area contributed by atoms with Gasteiger partial charge >= 0.3 is 0 Å². The summed E-state index contributed by atoms with van der Waals surface area (Å²) in [6, 6.07) is 9.18. The molecule has 2 rings (SSSR count). The van der Waals surface area contributed by atoms with Crippen molar-refractivity contribution in [3.63, 3.8) is 0 Å². The summed E-state index contributed by atoms with van der Waals surface area (Å²) in [5.41, 5.74) is 9.21. The monoisotopic (exact) mass is 267 g/mol. The number of ether oxygens (including phenoxy) is 1. The maximum absolute atomic E-state index is 8.90. The third kappa shape index (κ3) is 2.89. The van der Waals surface area contributed by atoms with Gasteiger partial charge in [-0.15, -0.1) is 0 Å². The Bertz CT molecular complexity index is 672. The van der Waals surface area contributed by atoms with Crippen molar-refractivity contribution in [1.82, 2.24) is 4.98 Å². The summed E-state index contributed by atoms with van der Waals surface area (Å²) in [5, 5.41) is 8.90. The summed E-state index contributed by atoms with van der Waals surface area (Å²) < 4.78 is 5.83. The molecule has 1 heterocycles. The molecule has 0 aliphatic rings. The fourth-order valence-corrected chi connectivity index (χ4v) is 1.90. The first kappa shape index (κ1) is 13.9. The van der Waals surface area contributed by atoms with E-state index in [0.717, 1.165) is 22.6 Å². The normalized spacial score (nSPS) is 10.3. The number of hydrogen-bond acceptors (Lipinski definition) is 4. The first-order chi connectivity index (χ1) is 9.51. The minimum atomic E-state index is 0.284. The third-order valence-corrected chi connectivity index (χ3v) is 3.10. The van der Waals surface area contributed by atoms with Crippen LogP contribution in [0, 0.1) is 18.3 Å². The Morgan fingerprint density at radius 1 is 1.30 bits per heavy atom. The van der Waals surface area contributed by atoms with Crippen LogP contribution in [0.3, 0.4) is 0 Å². The molecule has 0 aliphatic heterocycles. The molecule has 1 aromatic carbocycles. The van der Waals surface area contributed by atoms with E-state index >= 15 is 0 Å². The average molecular weight is 267 g/mol. The van der Waals surface area contributed by atoms with Crippen molar-refractivity contribution in [2.24, 2.45) is 0 Å². The molecule has 2 N–H and O–H groups in total. The molecule has 0 spiro atoms. The van der Waals surface area contributed by atoms with Crippen molar-refractivity contribution in [2.75, 3.05) is 5.73 Å². The van der Waals surface area contributed by atoms with Gasteiger partial charge in [-0.05, 0) is 42.2 Å². The SMILES string of the molecule is Cc1cc(Oc2cc(C#N)ccn2)c(C(C)C)cc1N. The number of pyridine rings is 1. The molecule has 0 aliphatic carbocycles. The number of nitrogen functional groups attached to an aromatic ring is 1. The zero-order valence-corrected chi connectivity index (χ0v) is 11.8. The Kier molecular flexibility index (Phi) is 3.90. The second kappa shape index (κ2) is 5.62. The lowest BCUT2D eigenvalue weighted by Gasteiger charge is -2.15. The van der Waals surface area contributed by atoms with Crippen molar-refractivity contribution in [3.05, 3.63) is 47.2 Å². The summed E-state index contributed by atoms with van der Waals surface area (Å²) in [6.07, 6.45) is 1.56. The molecule has 2 aromatic rings. The number of rotatable bonds is 3. The smallest absolute Gasteiger partial charge is 0.220 e. The number of nitriles is 1. The minimum Gasteiger partial charge on any atom is -0.439 e. The lowest BCUT2D eigenvalue weighted by Crippen LogP contribution is -1.99. The van der Waals surface area contributed by atoms with Crippen LogP contribution in [0.2, 0.25) is 0 Å². The molecule has 4 nitrogen and oxygen atoms in total. The van der Waals surface area contributed by atoms with Crippen molar-refractivity contribution in [2.45, 2.75) is 26.7 Å². The molecule has 0 bridgehead atoms. The number of benzene rings is 1. The number of anilines is 1. The maximum atomic E-state index is 8.90. The van der Waals surface area contributed by atoms with Gasteiger partial charge in [0.2, 0.25) is 5.88 Å². The zero-order valence-electron chi connectivity index (χ0n) is 11.8. The van der Waals surface area contributed by atoms with Crippen molar-refractivity contribution >= 4 is 5.69 Å². The minimum absolute atomic E-state index is 0.284. The summed E-state index contributed by atoms with van der Waals surface area (Å²) in [4.78, 5) is 4.13. The predicted octanol–water partition coefficient (Wildman–Crippen LogP) is 3.76. The van der Waals surface area contributed by atoms with E-state index in [9.17, 15) is 0 Å². The molecule has 0 unspecified atom stereocenters. The van der Waals surface area contributed by atoms with E-state index < -0.39 is 0 Å². The molecule has 4 heteroatoms. The largest absolute Gasteiger partial charge is 0.439 e. The second-order valence-electron chi connectivity index (χ2n) is 5.00. The van der Waals surface area contributed by atoms with E-state index in [0.29, 0.717) is 11.4 Å². The van der Waals surface area contributed by atoms with Gasteiger partial charge < -0.3 is 10.5 Å². The van der Waals surface area contributed by atoms with Gasteiger partial charge in [0.25, 0.3) is 0 Å². The Hall–Kier alpha value is -2.54. The van der Waals surface area contributed by atoms with Crippen LogP contribution >= 0.6 is 0 Å². The average Bonchev–Trinajstić information content (AvgIpc) is 2.42. The molecule has 0 fully saturated rings. The number of hydrogen-bond donors (Lipinski definition) is 1. The molecule has 0 amide bonds. The van der Waals surface area contributed by atoms with Gasteiger partial charge in [-0.25, -0.2) is 4.98 Å². The highest BCUT2D eigenvalue weighted by molar-refractivity contribution is 5.55. The van der Waals surface area contributed by atoms with Gasteiger partial charge in [-0.3, -0.25) is 0 Å². The lowest BCUT2D eigenvalue weighted by atomic mass is 9.99. The van der Waals surface area contributed by atoms with Crippen LogP contribution in [-0.2, 0) is 0 Å². The standard InChI is InChI=1S/C16H17N3O/c1-10(2)13-8-14(18)11(3)6-15(13)20-16-7-12(9-17)4-5-19-16/h4-8,10H,18H2,1-3H3. The summed E-state index contributed by atoms with van der Waals surface area (Å²) >= 11 is 0. The quantitative estimate of drug-likeness (QED) is 0.859. The van der Waals surface area contributed by atoms with Gasteiger partial charge in [-0.1, -0.05) is 13.8 Å². The zero-order chi connectivity index (χ0) is 14.7. The fraction of sp³-hybridized carbons (Fsp3) is 0.250. The van der Waals surface area contributed by atoms with Gasteiger partial charge in [0.1, 0.15) is 5.75 Å². The Morgan fingerprint density at radius 2 is 2.05 bits per heavy atom. The van der Waals surface area contributed by atoms with E-state index in [1.165, 1.54) is 0 Å². The molecule has 0 saturated heterocycles. The van der Waals surface area contributed by atoms with Crippen molar-refractivity contribution in [1.29, 1.82) is 5.26 Å².